The zero-order valence-corrected chi connectivity index (χ0v) is 45.5. The molecular formula is C61H116O6. The van der Waals surface area contributed by atoms with E-state index in [1.165, 1.54) is 244 Å². The highest BCUT2D eigenvalue weighted by atomic mass is 16.6. The molecule has 1 atom stereocenters. The fourth-order valence-corrected chi connectivity index (χ4v) is 9.21. The molecule has 0 saturated heterocycles. The lowest BCUT2D eigenvalue weighted by molar-refractivity contribution is -0.167. The first-order chi connectivity index (χ1) is 33.0. The van der Waals surface area contributed by atoms with Gasteiger partial charge in [-0.3, -0.25) is 14.4 Å². The lowest BCUT2D eigenvalue weighted by Gasteiger charge is -2.18. The quantitative estimate of drug-likeness (QED) is 0.0262. The van der Waals surface area contributed by atoms with E-state index in [0.717, 1.165) is 57.8 Å². The molecule has 0 aromatic heterocycles. The fraction of sp³-hybridized carbons (Fsp3) is 0.918. The van der Waals surface area contributed by atoms with Gasteiger partial charge in [-0.1, -0.05) is 290 Å². The second-order valence-electron chi connectivity index (χ2n) is 20.6. The summed E-state index contributed by atoms with van der Waals surface area (Å²) in [4.78, 5) is 38.0. The van der Waals surface area contributed by atoms with E-state index < -0.39 is 6.10 Å². The van der Waals surface area contributed by atoms with Crippen LogP contribution in [0.25, 0.3) is 0 Å². The zero-order valence-electron chi connectivity index (χ0n) is 45.5. The summed E-state index contributed by atoms with van der Waals surface area (Å²) in [5.41, 5.74) is 0. The Balaban J connectivity index is 4.09. The largest absolute Gasteiger partial charge is 0.462 e. The third kappa shape index (κ3) is 55.0. The van der Waals surface area contributed by atoms with E-state index in [1.807, 2.05) is 0 Å². The van der Waals surface area contributed by atoms with Gasteiger partial charge in [-0.05, 0) is 44.9 Å². The average Bonchev–Trinajstić information content (AvgIpc) is 3.33. The van der Waals surface area contributed by atoms with Gasteiger partial charge < -0.3 is 14.2 Å². The summed E-state index contributed by atoms with van der Waals surface area (Å²) in [7, 11) is 0. The number of esters is 3. The van der Waals surface area contributed by atoms with Crippen molar-refractivity contribution < 1.29 is 28.6 Å². The van der Waals surface area contributed by atoms with Crippen LogP contribution in [-0.2, 0) is 28.6 Å². The van der Waals surface area contributed by atoms with Gasteiger partial charge in [-0.2, -0.15) is 0 Å². The standard InChI is InChI=1S/C61H116O6/c1-4-7-10-13-16-18-20-22-24-26-28-29-30-31-32-33-35-36-38-40-42-45-48-51-54-60(63)66-57-58(56-65-59(62)53-50-47-44-15-12-9-6-3)67-61(64)55-52-49-46-43-41-39-37-34-27-25-23-21-19-17-14-11-8-5-2/h25,27,58H,4-24,26,28-57H2,1-3H3/b27-25-. The molecule has 0 spiro atoms. The molecule has 0 radical (unpaired) electrons. The van der Waals surface area contributed by atoms with Crippen LogP contribution in [0.3, 0.4) is 0 Å². The summed E-state index contributed by atoms with van der Waals surface area (Å²) >= 11 is 0. The van der Waals surface area contributed by atoms with Crippen LogP contribution in [0.4, 0.5) is 0 Å². The first-order valence-electron chi connectivity index (χ1n) is 30.2. The Kier molecular flexibility index (Phi) is 55.2. The van der Waals surface area contributed by atoms with E-state index in [2.05, 4.69) is 32.9 Å². The van der Waals surface area contributed by atoms with E-state index in [0.29, 0.717) is 19.3 Å². The van der Waals surface area contributed by atoms with Crippen molar-refractivity contribution in [1.29, 1.82) is 0 Å². The summed E-state index contributed by atoms with van der Waals surface area (Å²) < 4.78 is 16.8. The Morgan fingerprint density at radius 1 is 0.284 bits per heavy atom. The molecule has 0 rings (SSSR count). The third-order valence-electron chi connectivity index (χ3n) is 13.8. The van der Waals surface area contributed by atoms with Gasteiger partial charge in [0, 0.05) is 19.3 Å². The van der Waals surface area contributed by atoms with Crippen molar-refractivity contribution in [2.45, 2.75) is 348 Å². The van der Waals surface area contributed by atoms with Gasteiger partial charge in [-0.15, -0.1) is 0 Å². The lowest BCUT2D eigenvalue weighted by Crippen LogP contribution is -2.30. The lowest BCUT2D eigenvalue weighted by atomic mass is 10.0. The van der Waals surface area contributed by atoms with Crippen LogP contribution in [-0.4, -0.2) is 37.2 Å². The average molecular weight is 946 g/mol. The van der Waals surface area contributed by atoms with Crippen molar-refractivity contribution in [2.24, 2.45) is 0 Å². The smallest absolute Gasteiger partial charge is 0.306 e. The van der Waals surface area contributed by atoms with E-state index in [9.17, 15) is 14.4 Å². The Bertz CT molecular complexity index is 1040. The first-order valence-corrected chi connectivity index (χ1v) is 30.2. The van der Waals surface area contributed by atoms with E-state index in [1.54, 1.807) is 0 Å². The number of unbranched alkanes of at least 4 members (excludes halogenated alkanes) is 43. The Morgan fingerprint density at radius 2 is 0.493 bits per heavy atom. The SMILES string of the molecule is CCCCCCCCC/C=C\CCCCCCCCCC(=O)OC(COC(=O)CCCCCCCCC)COC(=O)CCCCCCCCCCCCCCCCCCCCCCCCCC. The van der Waals surface area contributed by atoms with Gasteiger partial charge in [0.15, 0.2) is 6.10 Å². The maximum Gasteiger partial charge on any atom is 0.306 e. The molecule has 67 heavy (non-hydrogen) atoms. The predicted octanol–water partition coefficient (Wildman–Crippen LogP) is 20.1. The summed E-state index contributed by atoms with van der Waals surface area (Å²) in [6.45, 7) is 6.65. The van der Waals surface area contributed by atoms with E-state index >= 15 is 0 Å². The van der Waals surface area contributed by atoms with Gasteiger partial charge in [0.2, 0.25) is 0 Å². The second-order valence-corrected chi connectivity index (χ2v) is 20.6. The van der Waals surface area contributed by atoms with Crippen LogP contribution < -0.4 is 0 Å². The highest BCUT2D eigenvalue weighted by Crippen LogP contribution is 2.18. The molecule has 0 heterocycles. The monoisotopic (exact) mass is 945 g/mol. The second kappa shape index (κ2) is 56.7. The Labute approximate surface area is 418 Å². The minimum Gasteiger partial charge on any atom is -0.462 e. The third-order valence-corrected chi connectivity index (χ3v) is 13.8. The Hall–Kier alpha value is -1.85. The van der Waals surface area contributed by atoms with Crippen molar-refractivity contribution >= 4 is 17.9 Å². The fourth-order valence-electron chi connectivity index (χ4n) is 9.21. The van der Waals surface area contributed by atoms with Gasteiger partial charge in [-0.25, -0.2) is 0 Å². The molecule has 0 aliphatic carbocycles. The molecule has 0 aromatic carbocycles. The molecule has 0 amide bonds. The van der Waals surface area contributed by atoms with Crippen LogP contribution >= 0.6 is 0 Å². The van der Waals surface area contributed by atoms with Crippen LogP contribution in [0.2, 0.25) is 0 Å². The maximum absolute atomic E-state index is 12.8. The van der Waals surface area contributed by atoms with Gasteiger partial charge in [0.1, 0.15) is 13.2 Å². The number of rotatable bonds is 56. The zero-order chi connectivity index (χ0) is 48.6. The van der Waals surface area contributed by atoms with Crippen molar-refractivity contribution in [2.75, 3.05) is 13.2 Å². The molecular weight excluding hydrogens is 829 g/mol. The summed E-state index contributed by atoms with van der Waals surface area (Å²) in [6, 6.07) is 0. The summed E-state index contributed by atoms with van der Waals surface area (Å²) in [5.74, 6) is -0.855. The van der Waals surface area contributed by atoms with Crippen LogP contribution in [0.5, 0.6) is 0 Å². The molecule has 0 aliphatic rings. The van der Waals surface area contributed by atoms with Crippen molar-refractivity contribution in [3.63, 3.8) is 0 Å². The van der Waals surface area contributed by atoms with E-state index in [4.69, 9.17) is 14.2 Å². The van der Waals surface area contributed by atoms with Crippen LogP contribution in [0.15, 0.2) is 12.2 Å². The number of carbonyl (C=O) groups is 3. The van der Waals surface area contributed by atoms with Crippen LogP contribution in [0.1, 0.15) is 342 Å². The molecule has 1 unspecified atom stereocenters. The number of ether oxygens (including phenoxy) is 3. The summed E-state index contributed by atoms with van der Waals surface area (Å²) in [6.07, 6.45) is 65.3. The van der Waals surface area contributed by atoms with Crippen molar-refractivity contribution in [3.8, 4) is 0 Å². The molecule has 0 saturated carbocycles. The molecule has 0 aliphatic heterocycles. The van der Waals surface area contributed by atoms with Gasteiger partial charge in [0.05, 0.1) is 0 Å². The number of carbonyl (C=O) groups excluding carboxylic acids is 3. The highest BCUT2D eigenvalue weighted by Gasteiger charge is 2.19. The molecule has 6 heteroatoms. The molecule has 0 N–H and O–H groups in total. The van der Waals surface area contributed by atoms with Crippen LogP contribution in [0, 0.1) is 0 Å². The molecule has 0 aromatic rings. The molecule has 0 fully saturated rings. The minimum absolute atomic E-state index is 0.0665. The highest BCUT2D eigenvalue weighted by molar-refractivity contribution is 5.71. The normalized spacial score (nSPS) is 12.0. The minimum atomic E-state index is -0.766. The number of allylic oxidation sites excluding steroid dienone is 2. The van der Waals surface area contributed by atoms with Gasteiger partial charge in [0.25, 0.3) is 0 Å². The predicted molar refractivity (Wildman–Crippen MR) is 289 cm³/mol. The summed E-state index contributed by atoms with van der Waals surface area (Å²) in [5, 5.41) is 0. The number of hydrogen-bond donors (Lipinski definition) is 0. The molecule has 396 valence electrons. The van der Waals surface area contributed by atoms with Crippen molar-refractivity contribution in [3.05, 3.63) is 12.2 Å². The van der Waals surface area contributed by atoms with Crippen molar-refractivity contribution in [1.82, 2.24) is 0 Å². The molecule has 0 bridgehead atoms. The van der Waals surface area contributed by atoms with Gasteiger partial charge >= 0.3 is 17.9 Å². The van der Waals surface area contributed by atoms with E-state index in [-0.39, 0.29) is 31.1 Å². The Morgan fingerprint density at radius 3 is 0.746 bits per heavy atom. The maximum atomic E-state index is 12.8. The first kappa shape index (κ1) is 65.1. The topological polar surface area (TPSA) is 78.9 Å². The number of hydrogen-bond acceptors (Lipinski definition) is 6. The molecule has 6 nitrogen and oxygen atoms in total.